The molecule has 1 unspecified atom stereocenters. The van der Waals surface area contributed by atoms with Gasteiger partial charge in [-0.05, 0) is 40.0 Å². The van der Waals surface area contributed by atoms with Gasteiger partial charge in [-0.15, -0.1) is 0 Å². The molecule has 78 valence electrons. The molecule has 4 heteroatoms. The molecule has 1 aromatic carbocycles. The van der Waals surface area contributed by atoms with E-state index in [9.17, 15) is 5.11 Å². The van der Waals surface area contributed by atoms with E-state index < -0.39 is 6.10 Å². The molecule has 1 aromatic rings. The van der Waals surface area contributed by atoms with E-state index in [2.05, 4.69) is 15.9 Å². The van der Waals surface area contributed by atoms with Crippen LogP contribution in [0.5, 0.6) is 5.75 Å². The number of hydrogen-bond acceptors (Lipinski definition) is 3. The summed E-state index contributed by atoms with van der Waals surface area (Å²) in [5.74, 6) is 0.770. The van der Waals surface area contributed by atoms with Crippen LogP contribution in [0.4, 0.5) is 0 Å². The van der Waals surface area contributed by atoms with Gasteiger partial charge in [0.15, 0.2) is 0 Å². The second-order valence-corrected chi connectivity index (χ2v) is 3.92. The van der Waals surface area contributed by atoms with Crippen molar-refractivity contribution in [3.05, 3.63) is 28.2 Å². The third kappa shape index (κ3) is 2.97. The first-order valence-corrected chi connectivity index (χ1v) is 5.17. The fraction of sp³-hybridized carbons (Fsp3) is 0.400. The topological polar surface area (TPSA) is 55.5 Å². The minimum atomic E-state index is -0.485. The fourth-order valence-electron chi connectivity index (χ4n) is 1.19. The highest BCUT2D eigenvalue weighted by atomic mass is 79.9. The van der Waals surface area contributed by atoms with Gasteiger partial charge in [0.1, 0.15) is 5.75 Å². The quantitative estimate of drug-likeness (QED) is 0.858. The monoisotopic (exact) mass is 259 g/mol. The maximum atomic E-state index is 9.37. The number of benzene rings is 1. The number of methoxy groups -OCH3 is 1. The molecule has 0 fully saturated rings. The van der Waals surface area contributed by atoms with Crippen LogP contribution in [0.2, 0.25) is 0 Å². The van der Waals surface area contributed by atoms with Gasteiger partial charge in [-0.1, -0.05) is 6.07 Å². The van der Waals surface area contributed by atoms with Crippen LogP contribution in [0.1, 0.15) is 5.56 Å². The minimum absolute atomic E-state index is 0.276. The first-order chi connectivity index (χ1) is 6.67. The molecule has 1 rings (SSSR count). The van der Waals surface area contributed by atoms with E-state index >= 15 is 0 Å². The third-order valence-electron chi connectivity index (χ3n) is 1.96. The Morgan fingerprint density at radius 2 is 2.29 bits per heavy atom. The molecule has 14 heavy (non-hydrogen) atoms. The fourth-order valence-corrected chi connectivity index (χ4v) is 1.60. The molecule has 1 atom stereocenters. The smallest absolute Gasteiger partial charge is 0.133 e. The number of ether oxygens (including phenoxy) is 1. The van der Waals surface area contributed by atoms with Crippen LogP contribution in [0.15, 0.2) is 22.7 Å². The van der Waals surface area contributed by atoms with E-state index in [1.807, 2.05) is 18.2 Å². The van der Waals surface area contributed by atoms with E-state index in [0.29, 0.717) is 6.42 Å². The molecule has 0 aliphatic heterocycles. The summed E-state index contributed by atoms with van der Waals surface area (Å²) < 4.78 is 6.05. The predicted octanol–water partition coefficient (Wildman–Crippen LogP) is 1.32. The van der Waals surface area contributed by atoms with Crippen molar-refractivity contribution >= 4 is 15.9 Å². The largest absolute Gasteiger partial charge is 0.496 e. The Hall–Kier alpha value is -0.580. The third-order valence-corrected chi connectivity index (χ3v) is 2.61. The molecule has 3 nitrogen and oxygen atoms in total. The lowest BCUT2D eigenvalue weighted by atomic mass is 10.1. The highest BCUT2D eigenvalue weighted by Gasteiger charge is 2.06. The van der Waals surface area contributed by atoms with Crippen LogP contribution in [0, 0.1) is 0 Å². The van der Waals surface area contributed by atoms with E-state index in [1.54, 1.807) is 7.11 Å². The van der Waals surface area contributed by atoms with Crippen molar-refractivity contribution in [3.8, 4) is 5.75 Å². The molecular weight excluding hydrogens is 246 g/mol. The second-order valence-electron chi connectivity index (χ2n) is 3.06. The molecule has 0 aliphatic carbocycles. The molecule has 0 aliphatic rings. The zero-order chi connectivity index (χ0) is 10.6. The zero-order valence-corrected chi connectivity index (χ0v) is 9.62. The number of aliphatic hydroxyl groups excluding tert-OH is 1. The Labute approximate surface area is 92.0 Å². The first-order valence-electron chi connectivity index (χ1n) is 4.38. The standard InChI is InChI=1S/C10H14BrNO2/c1-14-10-5-7(2-3-9(10)11)4-8(13)6-12/h2-3,5,8,13H,4,6,12H2,1H3. The van der Waals surface area contributed by atoms with E-state index in [0.717, 1.165) is 15.8 Å². The Morgan fingerprint density at radius 3 is 2.86 bits per heavy atom. The molecule has 0 saturated carbocycles. The van der Waals surface area contributed by atoms with Gasteiger partial charge in [-0.2, -0.15) is 0 Å². The molecule has 0 aromatic heterocycles. The summed E-state index contributed by atoms with van der Waals surface area (Å²) in [7, 11) is 1.61. The summed E-state index contributed by atoms with van der Waals surface area (Å²) in [6.45, 7) is 0.276. The van der Waals surface area contributed by atoms with Crippen LogP contribution >= 0.6 is 15.9 Å². The summed E-state index contributed by atoms with van der Waals surface area (Å²) in [4.78, 5) is 0. The lowest BCUT2D eigenvalue weighted by molar-refractivity contribution is 0.183. The van der Waals surface area contributed by atoms with Gasteiger partial charge in [0.2, 0.25) is 0 Å². The zero-order valence-electron chi connectivity index (χ0n) is 8.03. The normalized spacial score (nSPS) is 12.6. The lowest BCUT2D eigenvalue weighted by Crippen LogP contribution is -2.21. The summed E-state index contributed by atoms with van der Waals surface area (Å²) in [6.07, 6.45) is 0.0704. The summed E-state index contributed by atoms with van der Waals surface area (Å²) in [5.41, 5.74) is 6.35. The molecule has 0 amide bonds. The van der Waals surface area contributed by atoms with Crippen LogP contribution in [0.3, 0.4) is 0 Å². The van der Waals surface area contributed by atoms with E-state index in [4.69, 9.17) is 10.5 Å². The minimum Gasteiger partial charge on any atom is -0.496 e. The summed E-state index contributed by atoms with van der Waals surface area (Å²) in [6, 6.07) is 5.73. The Bertz CT molecular complexity index is 304. The van der Waals surface area contributed by atoms with Crippen LogP contribution < -0.4 is 10.5 Å². The van der Waals surface area contributed by atoms with Crippen molar-refractivity contribution in [2.45, 2.75) is 12.5 Å². The Kier molecular flexibility index (Phi) is 4.38. The van der Waals surface area contributed by atoms with Crippen molar-refractivity contribution in [3.63, 3.8) is 0 Å². The summed E-state index contributed by atoms with van der Waals surface area (Å²) in [5, 5.41) is 9.37. The first kappa shape index (κ1) is 11.5. The molecule has 0 radical (unpaired) electrons. The highest BCUT2D eigenvalue weighted by molar-refractivity contribution is 9.10. The maximum absolute atomic E-state index is 9.37. The van der Waals surface area contributed by atoms with Gasteiger partial charge in [-0.25, -0.2) is 0 Å². The van der Waals surface area contributed by atoms with E-state index in [1.165, 1.54) is 0 Å². The van der Waals surface area contributed by atoms with Gasteiger partial charge in [0, 0.05) is 6.54 Å². The summed E-state index contributed by atoms with van der Waals surface area (Å²) >= 11 is 3.36. The number of nitrogens with two attached hydrogens (primary N) is 1. The SMILES string of the molecule is COc1cc(CC(O)CN)ccc1Br. The van der Waals surface area contributed by atoms with Gasteiger partial charge >= 0.3 is 0 Å². The van der Waals surface area contributed by atoms with E-state index in [-0.39, 0.29) is 6.54 Å². The van der Waals surface area contributed by atoms with Crippen molar-refractivity contribution in [2.75, 3.05) is 13.7 Å². The maximum Gasteiger partial charge on any atom is 0.133 e. The number of aliphatic hydroxyl groups is 1. The predicted molar refractivity (Wildman–Crippen MR) is 59.5 cm³/mol. The Morgan fingerprint density at radius 1 is 1.57 bits per heavy atom. The van der Waals surface area contributed by atoms with Crippen LogP contribution in [-0.4, -0.2) is 24.9 Å². The molecule has 0 spiro atoms. The molecule has 0 bridgehead atoms. The molecular formula is C10H14BrNO2. The number of rotatable bonds is 4. The van der Waals surface area contributed by atoms with Crippen LogP contribution in [0.25, 0.3) is 0 Å². The molecule has 0 heterocycles. The Balaban J connectivity index is 2.79. The van der Waals surface area contributed by atoms with Crippen molar-refractivity contribution < 1.29 is 9.84 Å². The van der Waals surface area contributed by atoms with Crippen LogP contribution in [-0.2, 0) is 6.42 Å². The lowest BCUT2D eigenvalue weighted by Gasteiger charge is -2.09. The van der Waals surface area contributed by atoms with Gasteiger partial charge in [0.25, 0.3) is 0 Å². The van der Waals surface area contributed by atoms with Crippen molar-refractivity contribution in [2.24, 2.45) is 5.73 Å². The average Bonchev–Trinajstić information content (AvgIpc) is 2.20. The van der Waals surface area contributed by atoms with Gasteiger partial charge in [-0.3, -0.25) is 0 Å². The van der Waals surface area contributed by atoms with Crippen molar-refractivity contribution in [1.29, 1.82) is 0 Å². The highest BCUT2D eigenvalue weighted by Crippen LogP contribution is 2.25. The number of hydrogen-bond donors (Lipinski definition) is 2. The number of halogens is 1. The second kappa shape index (κ2) is 5.34. The van der Waals surface area contributed by atoms with Gasteiger partial charge in [0.05, 0.1) is 17.7 Å². The van der Waals surface area contributed by atoms with Gasteiger partial charge < -0.3 is 15.6 Å². The molecule has 3 N–H and O–H groups in total. The van der Waals surface area contributed by atoms with Crippen molar-refractivity contribution in [1.82, 2.24) is 0 Å². The molecule has 0 saturated heterocycles. The average molecular weight is 260 g/mol.